The van der Waals surface area contributed by atoms with Gasteiger partial charge in [-0.1, -0.05) is 30.0 Å². The number of carbonyl (C=O) groups excluding carboxylic acids is 1. The summed E-state index contributed by atoms with van der Waals surface area (Å²) in [7, 11) is 0. The standard InChI is InChI=1S/C10H11N5OS/c1-7(9(11)16)17-10-12-13-14-15(10)8-5-3-2-4-6-8/h2-7H,1H3,(H2,11,16). The number of carbonyl (C=O) groups is 1. The van der Waals surface area contributed by atoms with Gasteiger partial charge in [0.25, 0.3) is 0 Å². The molecular formula is C10H11N5OS. The first kappa shape index (κ1) is 11.6. The van der Waals surface area contributed by atoms with Gasteiger partial charge in [0.1, 0.15) is 0 Å². The number of tetrazole rings is 1. The molecular weight excluding hydrogens is 238 g/mol. The molecule has 2 N–H and O–H groups in total. The number of nitrogens with two attached hydrogens (primary N) is 1. The maximum atomic E-state index is 11.0. The fourth-order valence-corrected chi connectivity index (χ4v) is 1.96. The van der Waals surface area contributed by atoms with E-state index in [1.807, 2.05) is 30.3 Å². The smallest absolute Gasteiger partial charge is 0.230 e. The van der Waals surface area contributed by atoms with Crippen LogP contribution in [-0.4, -0.2) is 31.4 Å². The third-order valence-corrected chi connectivity index (χ3v) is 3.18. The number of aromatic nitrogens is 4. The number of benzene rings is 1. The largest absolute Gasteiger partial charge is 0.369 e. The van der Waals surface area contributed by atoms with Crippen LogP contribution >= 0.6 is 11.8 Å². The van der Waals surface area contributed by atoms with E-state index in [0.29, 0.717) is 5.16 Å². The summed E-state index contributed by atoms with van der Waals surface area (Å²) in [6, 6.07) is 9.46. The molecule has 0 fully saturated rings. The van der Waals surface area contributed by atoms with Crippen molar-refractivity contribution in [3.8, 4) is 5.69 Å². The quantitative estimate of drug-likeness (QED) is 0.803. The predicted molar refractivity (Wildman–Crippen MR) is 63.7 cm³/mol. The third-order valence-electron chi connectivity index (χ3n) is 2.12. The number of rotatable bonds is 4. The maximum Gasteiger partial charge on any atom is 0.230 e. The first-order chi connectivity index (χ1) is 8.18. The van der Waals surface area contributed by atoms with Crippen LogP contribution in [0.1, 0.15) is 6.92 Å². The molecule has 0 spiro atoms. The number of para-hydroxylation sites is 1. The highest BCUT2D eigenvalue weighted by atomic mass is 32.2. The molecule has 7 heteroatoms. The molecule has 2 rings (SSSR count). The zero-order valence-corrected chi connectivity index (χ0v) is 9.96. The van der Waals surface area contributed by atoms with Gasteiger partial charge >= 0.3 is 0 Å². The van der Waals surface area contributed by atoms with Crippen LogP contribution in [0.3, 0.4) is 0 Å². The minimum Gasteiger partial charge on any atom is -0.369 e. The summed E-state index contributed by atoms with van der Waals surface area (Å²) in [5.74, 6) is -0.391. The summed E-state index contributed by atoms with van der Waals surface area (Å²) in [4.78, 5) is 11.0. The van der Waals surface area contributed by atoms with Gasteiger partial charge in [-0.15, -0.1) is 5.10 Å². The topological polar surface area (TPSA) is 86.7 Å². The van der Waals surface area contributed by atoms with Crippen LogP contribution in [0.15, 0.2) is 35.5 Å². The number of nitrogens with zero attached hydrogens (tertiary/aromatic N) is 4. The average molecular weight is 249 g/mol. The van der Waals surface area contributed by atoms with E-state index in [1.165, 1.54) is 11.8 Å². The molecule has 2 aromatic rings. The molecule has 0 bridgehead atoms. The second-order valence-corrected chi connectivity index (χ2v) is 4.68. The van der Waals surface area contributed by atoms with Crippen LogP contribution < -0.4 is 5.73 Å². The first-order valence-electron chi connectivity index (χ1n) is 4.98. The van der Waals surface area contributed by atoms with Crippen LogP contribution in [-0.2, 0) is 4.79 Å². The lowest BCUT2D eigenvalue weighted by Gasteiger charge is -2.06. The van der Waals surface area contributed by atoms with Gasteiger partial charge in [0.15, 0.2) is 0 Å². The van der Waals surface area contributed by atoms with Crippen molar-refractivity contribution in [1.29, 1.82) is 0 Å². The van der Waals surface area contributed by atoms with Gasteiger partial charge < -0.3 is 5.73 Å². The van der Waals surface area contributed by atoms with E-state index in [4.69, 9.17) is 5.73 Å². The predicted octanol–water partition coefficient (Wildman–Crippen LogP) is 0.628. The van der Waals surface area contributed by atoms with Gasteiger partial charge in [-0.25, -0.2) is 0 Å². The summed E-state index contributed by atoms with van der Waals surface area (Å²) in [5.41, 5.74) is 6.05. The van der Waals surface area contributed by atoms with Crippen LogP contribution in [0.5, 0.6) is 0 Å². The summed E-state index contributed by atoms with van der Waals surface area (Å²) in [5, 5.41) is 11.5. The van der Waals surface area contributed by atoms with Crippen LogP contribution in [0, 0.1) is 0 Å². The fourth-order valence-electron chi connectivity index (χ4n) is 1.20. The Morgan fingerprint density at radius 3 is 2.76 bits per heavy atom. The summed E-state index contributed by atoms with van der Waals surface area (Å²) >= 11 is 1.23. The van der Waals surface area contributed by atoms with E-state index in [0.717, 1.165) is 5.69 Å². The van der Waals surface area contributed by atoms with Gasteiger partial charge in [-0.2, -0.15) is 4.68 Å². The summed E-state index contributed by atoms with van der Waals surface area (Å²) in [6.07, 6.45) is 0. The van der Waals surface area contributed by atoms with Crippen molar-refractivity contribution in [3.05, 3.63) is 30.3 Å². The van der Waals surface area contributed by atoms with Gasteiger partial charge in [0.2, 0.25) is 11.1 Å². The fraction of sp³-hybridized carbons (Fsp3) is 0.200. The van der Waals surface area contributed by atoms with Crippen molar-refractivity contribution in [3.63, 3.8) is 0 Å². The molecule has 17 heavy (non-hydrogen) atoms. The van der Waals surface area contributed by atoms with Crippen LogP contribution in [0.4, 0.5) is 0 Å². The maximum absolute atomic E-state index is 11.0. The molecule has 0 aliphatic heterocycles. The summed E-state index contributed by atoms with van der Waals surface area (Å²) in [6.45, 7) is 1.72. The lowest BCUT2D eigenvalue weighted by Crippen LogP contribution is -2.23. The zero-order valence-electron chi connectivity index (χ0n) is 9.15. The second kappa shape index (κ2) is 4.96. The highest BCUT2D eigenvalue weighted by molar-refractivity contribution is 8.00. The van der Waals surface area contributed by atoms with Gasteiger partial charge in [-0.05, 0) is 29.5 Å². The zero-order chi connectivity index (χ0) is 12.3. The Morgan fingerprint density at radius 2 is 2.12 bits per heavy atom. The minimum atomic E-state index is -0.391. The van der Waals surface area contributed by atoms with E-state index < -0.39 is 5.91 Å². The van der Waals surface area contributed by atoms with Crippen molar-refractivity contribution < 1.29 is 4.79 Å². The number of thioether (sulfide) groups is 1. The Labute approximate surface area is 102 Å². The van der Waals surface area contributed by atoms with Crippen molar-refractivity contribution in [2.24, 2.45) is 5.73 Å². The van der Waals surface area contributed by atoms with Crippen LogP contribution in [0.2, 0.25) is 0 Å². The van der Waals surface area contributed by atoms with E-state index in [9.17, 15) is 4.79 Å². The minimum absolute atomic E-state index is 0.372. The molecule has 1 heterocycles. The van der Waals surface area contributed by atoms with Crippen molar-refractivity contribution in [1.82, 2.24) is 20.2 Å². The lowest BCUT2D eigenvalue weighted by molar-refractivity contribution is -0.117. The molecule has 1 atom stereocenters. The van der Waals surface area contributed by atoms with Crippen molar-refractivity contribution in [2.75, 3.05) is 0 Å². The van der Waals surface area contributed by atoms with Gasteiger partial charge in [0, 0.05) is 0 Å². The molecule has 1 amide bonds. The molecule has 0 radical (unpaired) electrons. The molecule has 1 aromatic heterocycles. The second-order valence-electron chi connectivity index (χ2n) is 3.37. The van der Waals surface area contributed by atoms with Crippen molar-refractivity contribution in [2.45, 2.75) is 17.3 Å². The Morgan fingerprint density at radius 1 is 1.41 bits per heavy atom. The number of primary amides is 1. The monoisotopic (exact) mass is 249 g/mol. The Hall–Kier alpha value is -1.89. The highest BCUT2D eigenvalue weighted by Crippen LogP contribution is 2.22. The van der Waals surface area contributed by atoms with Crippen molar-refractivity contribution >= 4 is 17.7 Å². The molecule has 0 saturated heterocycles. The lowest BCUT2D eigenvalue weighted by atomic mass is 10.3. The first-order valence-corrected chi connectivity index (χ1v) is 5.86. The number of hydrogen-bond acceptors (Lipinski definition) is 5. The van der Waals surface area contributed by atoms with E-state index >= 15 is 0 Å². The van der Waals surface area contributed by atoms with Gasteiger partial charge in [-0.3, -0.25) is 4.79 Å². The van der Waals surface area contributed by atoms with Gasteiger partial charge in [0.05, 0.1) is 10.9 Å². The molecule has 0 aliphatic carbocycles. The highest BCUT2D eigenvalue weighted by Gasteiger charge is 2.16. The third kappa shape index (κ3) is 2.62. The van der Waals surface area contributed by atoms with E-state index in [-0.39, 0.29) is 5.25 Å². The molecule has 1 aromatic carbocycles. The Balaban J connectivity index is 2.26. The number of amides is 1. The molecule has 6 nitrogen and oxygen atoms in total. The Kier molecular flexibility index (Phi) is 3.38. The summed E-state index contributed by atoms with van der Waals surface area (Å²) < 4.78 is 1.57. The van der Waals surface area contributed by atoms with Crippen LogP contribution in [0.25, 0.3) is 5.69 Å². The molecule has 1 unspecified atom stereocenters. The van der Waals surface area contributed by atoms with E-state index in [2.05, 4.69) is 15.5 Å². The number of hydrogen-bond donors (Lipinski definition) is 1. The Bertz CT molecular complexity index is 512. The SMILES string of the molecule is CC(Sc1nnnn1-c1ccccc1)C(N)=O. The molecule has 88 valence electrons. The molecule has 0 aliphatic rings. The normalized spacial score (nSPS) is 12.3. The molecule has 0 saturated carbocycles. The van der Waals surface area contributed by atoms with E-state index in [1.54, 1.807) is 11.6 Å². The average Bonchev–Trinajstić information content (AvgIpc) is 2.78.